The number of nitrogens with one attached hydrogen (secondary N) is 2. The zero-order valence-corrected chi connectivity index (χ0v) is 15.2. The maximum Gasteiger partial charge on any atom is 0.289 e. The number of carbonyl (C=O) groups is 1. The van der Waals surface area contributed by atoms with E-state index in [-0.39, 0.29) is 5.69 Å². The number of halogens is 2. The maximum atomic E-state index is 12.2. The minimum absolute atomic E-state index is 0.283. The van der Waals surface area contributed by atoms with Gasteiger partial charge in [0.15, 0.2) is 0 Å². The quantitative estimate of drug-likeness (QED) is 0.508. The molecule has 0 spiro atoms. The number of methoxy groups -OCH3 is 1. The number of carbonyl (C=O) groups excluding carboxylic acids is 1. The molecule has 0 aliphatic carbocycles. The SMILES string of the molecule is COc1ccc(-c2cc(C(=O)NN=Cc3cccc(Cl)c3Cl)[nH]n2)cc1. The molecule has 0 bridgehead atoms. The lowest BCUT2D eigenvalue weighted by Crippen LogP contribution is -2.18. The Hall–Kier alpha value is -2.83. The van der Waals surface area contributed by atoms with Crippen molar-refractivity contribution in [3.63, 3.8) is 0 Å². The summed E-state index contributed by atoms with van der Waals surface area (Å²) in [6, 6.07) is 14.1. The van der Waals surface area contributed by atoms with Crippen LogP contribution in [0.25, 0.3) is 11.3 Å². The van der Waals surface area contributed by atoms with Crippen LogP contribution in [-0.4, -0.2) is 29.4 Å². The van der Waals surface area contributed by atoms with Crippen LogP contribution < -0.4 is 10.2 Å². The highest BCUT2D eigenvalue weighted by Crippen LogP contribution is 2.24. The summed E-state index contributed by atoms with van der Waals surface area (Å²) in [4.78, 5) is 12.2. The van der Waals surface area contributed by atoms with E-state index in [1.165, 1.54) is 6.21 Å². The van der Waals surface area contributed by atoms with Gasteiger partial charge < -0.3 is 4.74 Å². The number of amides is 1. The van der Waals surface area contributed by atoms with Gasteiger partial charge in [-0.3, -0.25) is 9.89 Å². The van der Waals surface area contributed by atoms with Gasteiger partial charge in [0, 0.05) is 11.1 Å². The predicted octanol–water partition coefficient (Wildman–Crippen LogP) is 4.16. The molecule has 0 aliphatic rings. The third-order valence-electron chi connectivity index (χ3n) is 3.56. The third kappa shape index (κ3) is 4.04. The van der Waals surface area contributed by atoms with Crippen molar-refractivity contribution in [2.45, 2.75) is 0 Å². The highest BCUT2D eigenvalue weighted by atomic mass is 35.5. The molecular formula is C18H14Cl2N4O2. The predicted molar refractivity (Wildman–Crippen MR) is 102 cm³/mol. The summed E-state index contributed by atoms with van der Waals surface area (Å²) >= 11 is 12.0. The molecule has 3 aromatic rings. The van der Waals surface area contributed by atoms with Crippen LogP contribution >= 0.6 is 23.2 Å². The molecule has 1 amide bonds. The van der Waals surface area contributed by atoms with E-state index in [4.69, 9.17) is 27.9 Å². The number of aromatic amines is 1. The Morgan fingerprint density at radius 3 is 2.73 bits per heavy atom. The molecule has 1 aromatic heterocycles. The van der Waals surface area contributed by atoms with E-state index in [9.17, 15) is 4.79 Å². The number of hydrogen-bond donors (Lipinski definition) is 2. The number of H-pyrrole nitrogens is 1. The van der Waals surface area contributed by atoms with Gasteiger partial charge in [0.2, 0.25) is 0 Å². The summed E-state index contributed by atoms with van der Waals surface area (Å²) in [7, 11) is 1.60. The first kappa shape index (κ1) is 18.0. The maximum absolute atomic E-state index is 12.2. The van der Waals surface area contributed by atoms with E-state index in [1.807, 2.05) is 24.3 Å². The zero-order valence-electron chi connectivity index (χ0n) is 13.7. The van der Waals surface area contributed by atoms with E-state index in [0.29, 0.717) is 21.3 Å². The van der Waals surface area contributed by atoms with E-state index < -0.39 is 5.91 Å². The molecule has 2 N–H and O–H groups in total. The van der Waals surface area contributed by atoms with Gasteiger partial charge in [-0.2, -0.15) is 10.2 Å². The van der Waals surface area contributed by atoms with Crippen LogP contribution in [0.2, 0.25) is 10.0 Å². The highest BCUT2D eigenvalue weighted by molar-refractivity contribution is 6.43. The summed E-state index contributed by atoms with van der Waals surface area (Å²) in [6.07, 6.45) is 1.42. The van der Waals surface area contributed by atoms with Crippen LogP contribution in [0.3, 0.4) is 0 Å². The van der Waals surface area contributed by atoms with Gasteiger partial charge in [0.1, 0.15) is 11.4 Å². The second kappa shape index (κ2) is 8.03. The number of ether oxygens (including phenoxy) is 1. The minimum atomic E-state index is -0.424. The lowest BCUT2D eigenvalue weighted by molar-refractivity contribution is 0.0950. The average Bonchev–Trinajstić information content (AvgIpc) is 3.15. The van der Waals surface area contributed by atoms with Crippen molar-refractivity contribution < 1.29 is 9.53 Å². The molecule has 8 heteroatoms. The van der Waals surface area contributed by atoms with Gasteiger partial charge in [0.05, 0.1) is 29.1 Å². The monoisotopic (exact) mass is 388 g/mol. The Labute approximate surface area is 159 Å². The van der Waals surface area contributed by atoms with Crippen molar-refractivity contribution in [3.8, 4) is 17.0 Å². The molecule has 0 unspecified atom stereocenters. The van der Waals surface area contributed by atoms with E-state index >= 15 is 0 Å². The number of hydrazone groups is 1. The third-order valence-corrected chi connectivity index (χ3v) is 4.39. The van der Waals surface area contributed by atoms with Crippen molar-refractivity contribution in [1.29, 1.82) is 0 Å². The first-order valence-corrected chi connectivity index (χ1v) is 8.31. The van der Waals surface area contributed by atoms with Gasteiger partial charge >= 0.3 is 0 Å². The highest BCUT2D eigenvalue weighted by Gasteiger charge is 2.10. The molecule has 0 radical (unpaired) electrons. The second-order valence-corrected chi connectivity index (χ2v) is 6.02. The zero-order chi connectivity index (χ0) is 18.5. The Morgan fingerprint density at radius 1 is 1.23 bits per heavy atom. The van der Waals surface area contributed by atoms with Crippen molar-refractivity contribution in [1.82, 2.24) is 15.6 Å². The molecule has 3 rings (SSSR count). The van der Waals surface area contributed by atoms with Gasteiger partial charge in [0.25, 0.3) is 5.91 Å². The van der Waals surface area contributed by atoms with Crippen molar-refractivity contribution in [2.75, 3.05) is 7.11 Å². The average molecular weight is 389 g/mol. The summed E-state index contributed by atoms with van der Waals surface area (Å²) in [5.74, 6) is 0.322. The number of benzene rings is 2. The fraction of sp³-hybridized carbons (Fsp3) is 0.0556. The Kier molecular flexibility index (Phi) is 5.55. The van der Waals surface area contributed by atoms with E-state index in [0.717, 1.165) is 11.3 Å². The summed E-state index contributed by atoms with van der Waals surface area (Å²) in [6.45, 7) is 0. The lowest BCUT2D eigenvalue weighted by Gasteiger charge is -2.00. The van der Waals surface area contributed by atoms with Crippen LogP contribution in [0.4, 0.5) is 0 Å². The van der Waals surface area contributed by atoms with Crippen molar-refractivity contribution in [2.24, 2.45) is 5.10 Å². The summed E-state index contributed by atoms with van der Waals surface area (Å²) < 4.78 is 5.12. The van der Waals surface area contributed by atoms with Gasteiger partial charge in [-0.25, -0.2) is 5.43 Å². The van der Waals surface area contributed by atoms with Gasteiger partial charge in [-0.15, -0.1) is 0 Å². The molecule has 1 heterocycles. The summed E-state index contributed by atoms with van der Waals surface area (Å²) in [5.41, 5.74) is 4.79. The number of nitrogens with zero attached hydrogens (tertiary/aromatic N) is 2. The van der Waals surface area contributed by atoms with Gasteiger partial charge in [-0.1, -0.05) is 35.3 Å². The standard InChI is InChI=1S/C18H14Cl2N4O2/c1-26-13-7-5-11(6-8-13)15-9-16(23-22-15)18(25)24-21-10-12-3-2-4-14(19)17(12)20/h2-10H,1H3,(H,22,23)(H,24,25). The van der Waals surface area contributed by atoms with Crippen LogP contribution in [0.15, 0.2) is 53.6 Å². The molecule has 0 aliphatic heterocycles. The fourth-order valence-electron chi connectivity index (χ4n) is 2.19. The molecular weight excluding hydrogens is 375 g/mol. The second-order valence-electron chi connectivity index (χ2n) is 5.24. The minimum Gasteiger partial charge on any atom is -0.497 e. The molecule has 26 heavy (non-hydrogen) atoms. The molecule has 0 saturated heterocycles. The molecule has 0 saturated carbocycles. The Morgan fingerprint density at radius 2 is 2.00 bits per heavy atom. The number of rotatable bonds is 5. The number of aromatic nitrogens is 2. The van der Waals surface area contributed by atoms with Crippen LogP contribution in [-0.2, 0) is 0 Å². The smallest absolute Gasteiger partial charge is 0.289 e. The van der Waals surface area contributed by atoms with Crippen LogP contribution in [0, 0.1) is 0 Å². The topological polar surface area (TPSA) is 79.4 Å². The molecule has 132 valence electrons. The first-order valence-electron chi connectivity index (χ1n) is 7.55. The van der Waals surface area contributed by atoms with Gasteiger partial charge in [-0.05, 0) is 36.4 Å². The summed E-state index contributed by atoms with van der Waals surface area (Å²) in [5, 5.41) is 11.5. The number of hydrogen-bond acceptors (Lipinski definition) is 4. The Balaban J connectivity index is 1.68. The normalized spacial score (nSPS) is 10.9. The fourth-order valence-corrected chi connectivity index (χ4v) is 2.55. The Bertz CT molecular complexity index is 952. The first-order chi connectivity index (χ1) is 12.6. The van der Waals surface area contributed by atoms with Crippen LogP contribution in [0.5, 0.6) is 5.75 Å². The molecule has 2 aromatic carbocycles. The lowest BCUT2D eigenvalue weighted by atomic mass is 10.1. The van der Waals surface area contributed by atoms with Crippen molar-refractivity contribution in [3.05, 3.63) is 69.8 Å². The molecule has 0 atom stereocenters. The molecule has 0 fully saturated rings. The van der Waals surface area contributed by atoms with Crippen LogP contribution in [0.1, 0.15) is 16.1 Å². The van der Waals surface area contributed by atoms with Crippen molar-refractivity contribution >= 4 is 35.3 Å². The van der Waals surface area contributed by atoms with E-state index in [1.54, 1.807) is 31.4 Å². The van der Waals surface area contributed by atoms with E-state index in [2.05, 4.69) is 20.7 Å². The largest absolute Gasteiger partial charge is 0.497 e. The molecule has 6 nitrogen and oxygen atoms in total.